The van der Waals surface area contributed by atoms with Gasteiger partial charge in [-0.3, -0.25) is 18.4 Å². The Morgan fingerprint density at radius 3 is 1.46 bits per heavy atom. The zero-order valence-electron chi connectivity index (χ0n) is 72.0. The van der Waals surface area contributed by atoms with E-state index in [4.69, 9.17) is 47.9 Å². The number of aryl methyl sites for hydroxylation is 4. The van der Waals surface area contributed by atoms with Crippen LogP contribution in [0.3, 0.4) is 0 Å². The number of nitrogens with zero attached hydrogens (tertiary/aromatic N) is 11. The first-order valence-corrected chi connectivity index (χ1v) is 45.1. The Morgan fingerprint density at radius 2 is 0.959 bits per heavy atom. The minimum Gasteiger partial charge on any atom is -0.497 e. The quantitative estimate of drug-likeness (QED) is 0.0239. The number of fused-ring (bicyclic) bond motifs is 9. The maximum atomic E-state index is 12.7. The molecule has 16 rings (SSSR count). The van der Waals surface area contributed by atoms with Crippen molar-refractivity contribution in [2.24, 2.45) is 0 Å². The number of alkyl halides is 3. The Labute approximate surface area is 727 Å². The first-order valence-electron chi connectivity index (χ1n) is 37.8. The highest BCUT2D eigenvalue weighted by atomic mass is 33.1. The van der Waals surface area contributed by atoms with Gasteiger partial charge in [0.15, 0.2) is 39.0 Å². The van der Waals surface area contributed by atoms with Crippen molar-refractivity contribution in [3.05, 3.63) is 219 Å². The second kappa shape index (κ2) is 41.7. The number of aromatic amines is 4. The van der Waals surface area contributed by atoms with Crippen LogP contribution in [0.5, 0.6) is 46.0 Å². The van der Waals surface area contributed by atoms with E-state index in [1.54, 1.807) is 117 Å². The van der Waals surface area contributed by atoms with Gasteiger partial charge in [0.25, 0.3) is 0 Å². The molecule has 642 valence electrons. The Balaban J connectivity index is 0.000000159. The van der Waals surface area contributed by atoms with E-state index in [0.29, 0.717) is 38.8 Å². The number of H-pyrrole nitrogens is 4. The fourth-order valence-corrected chi connectivity index (χ4v) is 18.8. The smallest absolute Gasteiger partial charge is 0.497 e. The lowest BCUT2D eigenvalue weighted by molar-refractivity contribution is -0.613. The highest BCUT2D eigenvalue weighted by molar-refractivity contribution is 8.76. The normalized spacial score (nSPS) is 12.0. The van der Waals surface area contributed by atoms with Crippen LogP contribution in [0, 0.1) is 62.3 Å². The van der Waals surface area contributed by atoms with Crippen LogP contribution < -0.4 is 51.6 Å². The van der Waals surface area contributed by atoms with Crippen LogP contribution in [0.2, 0.25) is 0 Å². The van der Waals surface area contributed by atoms with E-state index in [9.17, 15) is 26.1 Å². The van der Waals surface area contributed by atoms with Crippen LogP contribution in [0.25, 0.3) is 73.0 Å². The summed E-state index contributed by atoms with van der Waals surface area (Å²) in [5, 5.41) is 0.725. The van der Waals surface area contributed by atoms with Crippen LogP contribution in [-0.4, -0.2) is 155 Å². The number of benzene rings is 5. The van der Waals surface area contributed by atoms with Crippen LogP contribution in [-0.2, 0) is 55.1 Å². The van der Waals surface area contributed by atoms with E-state index in [1.165, 1.54) is 34.7 Å². The van der Waals surface area contributed by atoms with E-state index < -0.39 is 34.4 Å². The summed E-state index contributed by atoms with van der Waals surface area (Å²) < 4.78 is 127. The molecule has 11 heterocycles. The number of imidazole rings is 5. The van der Waals surface area contributed by atoms with Gasteiger partial charge in [0, 0.05) is 107 Å². The number of rotatable bonds is 22. The molecule has 5 N–H and O–H groups in total. The number of pyridine rings is 5. The second-order valence-corrected chi connectivity index (χ2v) is 34.4. The fraction of sp³-hybridized carbons (Fsp3) is 0.302. The number of nitrogens with one attached hydrogen (secondary N) is 4. The third-order valence-corrected chi connectivity index (χ3v) is 25.1. The third-order valence-electron chi connectivity index (χ3n) is 19.6. The summed E-state index contributed by atoms with van der Waals surface area (Å²) in [7, 11) is 15.6. The van der Waals surface area contributed by atoms with Crippen molar-refractivity contribution in [3.8, 4) is 63.8 Å². The molecule has 0 saturated carbocycles. The van der Waals surface area contributed by atoms with Gasteiger partial charge in [0.05, 0.1) is 152 Å². The fourth-order valence-electron chi connectivity index (χ4n) is 13.7. The Morgan fingerprint density at radius 1 is 0.508 bits per heavy atom. The van der Waals surface area contributed by atoms with Crippen molar-refractivity contribution < 1.29 is 83.9 Å². The monoisotopic (exact) mass is 1780 g/mol. The molecule has 122 heavy (non-hydrogen) atoms. The van der Waals surface area contributed by atoms with Crippen molar-refractivity contribution in [2.75, 3.05) is 76.9 Å². The SMILES string of the molecule is COC.COc1c(C)c[n+]2c(c1C)CSn1c-2nc2ccccc21.COc1ccc2nc(-[n+]3cc(C)c(OC)c(C)c3CSO)[nH]c2c1.COc1ccc2nc(-[n+]3cc(C)c(OC)c(C)c3CSSC)[nH]c2c1.COc1ccc2nc(S(=O)Cc3ncc(C)c(OC)c3C)[nH]c2c1.Cc1c(OCC(F)(F)F)ccnc1CS(=O)c1nc2ccccc2[nH]1.[H+]. The van der Waals surface area contributed by atoms with Gasteiger partial charge in [-0.15, -0.1) is 0 Å². The van der Waals surface area contributed by atoms with Gasteiger partial charge in [-0.05, 0) is 147 Å². The molecule has 0 spiro atoms. The molecule has 2 atom stereocenters. The molecule has 10 aromatic heterocycles. The summed E-state index contributed by atoms with van der Waals surface area (Å²) in [6.45, 7) is 16.4. The zero-order valence-corrected chi connectivity index (χ0v) is 75.9. The maximum Gasteiger partial charge on any atom is 1.00 e. The Hall–Kier alpha value is -11.0. The van der Waals surface area contributed by atoms with Crippen molar-refractivity contribution in [1.29, 1.82) is 0 Å². The number of hydrogen-bond acceptors (Lipinski definition) is 23. The Bertz CT molecular complexity index is 6250. The predicted octanol–water partition coefficient (Wildman–Crippen LogP) is 16.9. The molecule has 5 aromatic carbocycles. The minimum absolute atomic E-state index is 0. The highest BCUT2D eigenvalue weighted by Crippen LogP contribution is 2.36. The predicted molar refractivity (Wildman–Crippen MR) is 477 cm³/mol. The van der Waals surface area contributed by atoms with E-state index in [2.05, 4.69) is 127 Å². The number of halogens is 3. The first kappa shape index (κ1) is 91.7. The molecule has 27 nitrogen and oxygen atoms in total. The first-order chi connectivity index (χ1) is 58.6. The van der Waals surface area contributed by atoms with Gasteiger partial charge in [-0.2, -0.15) is 17.1 Å². The van der Waals surface area contributed by atoms with E-state index in [0.717, 1.165) is 170 Å². The number of para-hydroxylation sites is 4. The van der Waals surface area contributed by atoms with Gasteiger partial charge in [0.2, 0.25) is 0 Å². The van der Waals surface area contributed by atoms with Crippen molar-refractivity contribution in [2.45, 2.75) is 108 Å². The molecule has 0 radical (unpaired) electrons. The van der Waals surface area contributed by atoms with Crippen molar-refractivity contribution in [3.63, 3.8) is 0 Å². The molecular weight excluding hydrogens is 1680 g/mol. The zero-order chi connectivity index (χ0) is 87.8. The number of methoxy groups -OCH3 is 8. The van der Waals surface area contributed by atoms with Gasteiger partial charge >= 0.3 is 25.4 Å². The van der Waals surface area contributed by atoms with Crippen LogP contribution >= 0.6 is 45.6 Å². The van der Waals surface area contributed by atoms with Gasteiger partial charge in [-0.25, -0.2) is 33.6 Å². The largest absolute Gasteiger partial charge is 1.00 e. The van der Waals surface area contributed by atoms with Crippen LogP contribution in [0.1, 0.15) is 80.0 Å². The molecule has 15 aromatic rings. The summed E-state index contributed by atoms with van der Waals surface area (Å²) in [5.41, 5.74) is 22.1. The average Bonchev–Trinajstić information content (AvgIpc) is 1.62. The number of ether oxygens (including phenoxy) is 9. The maximum absolute atomic E-state index is 12.7. The van der Waals surface area contributed by atoms with Gasteiger partial charge < -0.3 is 57.2 Å². The molecule has 0 bridgehead atoms. The summed E-state index contributed by atoms with van der Waals surface area (Å²) in [5.74, 6) is 10.9. The van der Waals surface area contributed by atoms with Gasteiger partial charge in [-0.1, -0.05) is 60.8 Å². The van der Waals surface area contributed by atoms with Crippen molar-refractivity contribution >= 4 is 122 Å². The molecule has 0 aliphatic carbocycles. The lowest BCUT2D eigenvalue weighted by Crippen LogP contribution is -2.42. The molecular formula is C86H98F3N15O12S6+4. The van der Waals surface area contributed by atoms with Gasteiger partial charge in [0.1, 0.15) is 74.1 Å². The minimum atomic E-state index is -4.42. The van der Waals surface area contributed by atoms with E-state index >= 15 is 0 Å². The molecule has 36 heteroatoms. The van der Waals surface area contributed by atoms with E-state index in [-0.39, 0.29) is 18.7 Å². The Kier molecular flexibility index (Phi) is 31.4. The molecule has 1 aliphatic rings. The topological polar surface area (TPSA) is 307 Å². The summed E-state index contributed by atoms with van der Waals surface area (Å²) in [4.78, 5) is 44.2. The average molecular weight is 1780 g/mol. The number of hydrogen-bond donors (Lipinski definition) is 5. The number of aromatic nitrogens is 15. The standard InChI is InChI=1S/C18H22N3O2S2.2C17H19N3O3S.C16H14F3N3O2S.C16H16N3OS.C2H6O/c1-11-9-21(16(10-25-24-5)12(2)17(11)23-4)18-19-14-7-6-13(22-3)8-15(14)20-18;1-10-8-20(15(9-24-21)11(2)16(10)23-4)17-18-13-6-5-12(22-3)7-14(13)19-17;1-10-8-18-15(11(2)16(10)23-4)9-24(21)17-19-13-6-5-12(22-3)7-14(13)20-17;1-10-13(20-7-6-14(10)24-9-16(17,18)19)8-25(23)15-21-11-4-2-3-5-12(11)22-15;1-10-8-18-14(11(2)15(10)20-3)9-21-19-13-7-5-4-6-12(13)17-16(18)19;1-3-2/h6-9H,10H2,1-5H3,(H,19,20);5-8H,9H2,1-4H3,(H-,18,19,21);5-8H,9H2,1-4H3,(H,19,20);2-7H,8-9H2,1H3,(H,21,22);4-8H,9H2,1-3H3;1-2H3/q+1;;;;+1;/p+2. The summed E-state index contributed by atoms with van der Waals surface area (Å²) >= 11 is 2.56. The van der Waals surface area contributed by atoms with E-state index in [1.807, 2.05) is 117 Å². The second-order valence-electron chi connectivity index (χ2n) is 27.6. The summed E-state index contributed by atoms with van der Waals surface area (Å²) in [6.07, 6.45) is 6.91. The molecule has 2 unspecified atom stereocenters. The van der Waals surface area contributed by atoms with Crippen LogP contribution in [0.4, 0.5) is 13.2 Å². The molecule has 0 fully saturated rings. The van der Waals surface area contributed by atoms with Crippen LogP contribution in [0.15, 0.2) is 150 Å². The molecule has 1 aliphatic heterocycles. The molecule has 0 saturated heterocycles. The lowest BCUT2D eigenvalue weighted by Gasteiger charge is -2.18. The third kappa shape index (κ3) is 21.2. The lowest BCUT2D eigenvalue weighted by atomic mass is 10.1. The summed E-state index contributed by atoms with van der Waals surface area (Å²) in [6, 6.07) is 34.0. The van der Waals surface area contributed by atoms with Crippen molar-refractivity contribution in [1.82, 2.24) is 58.8 Å². The molecule has 0 amide bonds. The highest BCUT2D eigenvalue weighted by Gasteiger charge is 2.33.